The fraction of sp³-hybridized carbons (Fsp3) is 0.0625. The third-order valence-corrected chi connectivity index (χ3v) is 4.95. The third-order valence-electron chi connectivity index (χ3n) is 3.43. The number of hydrogen-bond donors (Lipinski definition) is 1. The first-order valence-corrected chi connectivity index (χ1v) is 8.32. The van der Waals surface area contributed by atoms with Crippen molar-refractivity contribution < 1.29 is 13.8 Å². The molecule has 1 atom stereocenters. The van der Waals surface area contributed by atoms with Gasteiger partial charge in [0.25, 0.3) is 11.8 Å². The van der Waals surface area contributed by atoms with Crippen LogP contribution in [-0.4, -0.2) is 26.9 Å². The topological polar surface area (TPSA) is 66.5 Å². The molecule has 5 nitrogen and oxygen atoms in total. The minimum absolute atomic E-state index is 0.291. The average molecular weight is 314 g/mol. The van der Waals surface area contributed by atoms with Gasteiger partial charge in [-0.2, -0.15) is 5.01 Å². The zero-order chi connectivity index (χ0) is 15.9. The molecular weight excluding hydrogens is 300 g/mol. The molecule has 1 unspecified atom stereocenters. The molecule has 0 saturated carbocycles. The summed E-state index contributed by atoms with van der Waals surface area (Å²) < 4.78 is 12.7. The van der Waals surface area contributed by atoms with Gasteiger partial charge in [0.2, 0.25) is 0 Å². The maximum atomic E-state index is 12.7. The highest BCUT2D eigenvalue weighted by molar-refractivity contribution is 7.98. The molecule has 0 bridgehead atoms. The lowest BCUT2D eigenvalue weighted by Crippen LogP contribution is -2.45. The molecule has 0 fully saturated rings. The molecule has 0 aromatic heterocycles. The number of carbonyl (C=O) groups is 2. The highest BCUT2D eigenvalue weighted by Gasteiger charge is 2.36. The maximum absolute atomic E-state index is 12.7. The molecule has 3 rings (SSSR count). The van der Waals surface area contributed by atoms with E-state index in [1.54, 1.807) is 48.5 Å². The summed E-state index contributed by atoms with van der Waals surface area (Å²) in [7, 11) is -3.01. The molecule has 1 N–H and O–H groups in total. The van der Waals surface area contributed by atoms with E-state index in [-0.39, 0.29) is 0 Å². The zero-order valence-electron chi connectivity index (χ0n) is 11.9. The van der Waals surface area contributed by atoms with Crippen LogP contribution in [0.5, 0.6) is 0 Å². The number of benzene rings is 2. The molecule has 2 aromatic carbocycles. The van der Waals surface area contributed by atoms with Crippen molar-refractivity contribution >= 4 is 27.4 Å². The van der Waals surface area contributed by atoms with Crippen LogP contribution in [-0.2, 0) is 9.71 Å². The van der Waals surface area contributed by atoms with E-state index in [2.05, 4.69) is 10.7 Å². The Morgan fingerprint density at radius 3 is 1.95 bits per heavy atom. The van der Waals surface area contributed by atoms with Crippen molar-refractivity contribution in [3.8, 4) is 0 Å². The Labute approximate surface area is 128 Å². The van der Waals surface area contributed by atoms with Crippen molar-refractivity contribution in [2.75, 3.05) is 0 Å². The van der Waals surface area contributed by atoms with Crippen LogP contribution in [0.3, 0.4) is 0 Å². The fourth-order valence-corrected chi connectivity index (χ4v) is 3.37. The Hall–Kier alpha value is -2.44. The first-order valence-electron chi connectivity index (χ1n) is 6.59. The fourth-order valence-electron chi connectivity index (χ4n) is 2.23. The summed E-state index contributed by atoms with van der Waals surface area (Å²) in [6.45, 7) is 1.91. The molecule has 112 valence electrons. The van der Waals surface area contributed by atoms with Crippen LogP contribution < -0.4 is 4.83 Å². The number of nitrogens with one attached hydrogen (secondary N) is 1. The number of hydrazine groups is 1. The molecule has 0 radical (unpaired) electrons. The predicted molar refractivity (Wildman–Crippen MR) is 84.8 cm³/mol. The molecule has 22 heavy (non-hydrogen) atoms. The predicted octanol–water partition coefficient (Wildman–Crippen LogP) is 1.79. The van der Waals surface area contributed by atoms with Crippen LogP contribution in [0.4, 0.5) is 0 Å². The van der Waals surface area contributed by atoms with Gasteiger partial charge in [0, 0.05) is 4.90 Å². The van der Waals surface area contributed by atoms with Gasteiger partial charge in [-0.1, -0.05) is 29.8 Å². The number of hydrogen-bond acceptors (Lipinski definition) is 3. The van der Waals surface area contributed by atoms with E-state index in [0.29, 0.717) is 16.0 Å². The number of imide groups is 1. The molecule has 1 heterocycles. The SMILES string of the molecule is C=S(=O)(NN1C(=O)c2ccccc2C1=O)c1ccc(C)cc1. The molecule has 2 aromatic rings. The van der Waals surface area contributed by atoms with E-state index < -0.39 is 21.5 Å². The molecular formula is C16H14N2O3S. The standard InChI is InChI=1S/C16H14N2O3S/c1-11-7-9-12(10-8-11)22(2,21)17-18-15(19)13-5-3-4-6-14(13)16(18)20/h3-10H,2H2,1H3,(H,17,21). The van der Waals surface area contributed by atoms with E-state index in [9.17, 15) is 13.8 Å². The van der Waals surface area contributed by atoms with Gasteiger partial charge in [0.15, 0.2) is 0 Å². The number of amides is 2. The molecule has 1 aliphatic heterocycles. The lowest BCUT2D eigenvalue weighted by atomic mass is 10.1. The monoisotopic (exact) mass is 314 g/mol. The molecule has 2 amide bonds. The number of rotatable bonds is 3. The van der Waals surface area contributed by atoms with Crippen LogP contribution in [0.1, 0.15) is 26.3 Å². The second kappa shape index (κ2) is 5.08. The van der Waals surface area contributed by atoms with Gasteiger partial charge in [-0.3, -0.25) is 9.59 Å². The zero-order valence-corrected chi connectivity index (χ0v) is 12.7. The van der Waals surface area contributed by atoms with Crippen molar-refractivity contribution in [1.82, 2.24) is 9.84 Å². The number of fused-ring (bicyclic) bond motifs is 1. The Bertz CT molecular complexity index is 836. The van der Waals surface area contributed by atoms with Crippen molar-refractivity contribution in [2.24, 2.45) is 0 Å². The maximum Gasteiger partial charge on any atom is 0.276 e. The van der Waals surface area contributed by atoms with E-state index >= 15 is 0 Å². The number of nitrogens with zero attached hydrogens (tertiary/aromatic N) is 1. The summed E-state index contributed by atoms with van der Waals surface area (Å²) in [5, 5.41) is 0.778. The van der Waals surface area contributed by atoms with Crippen molar-refractivity contribution in [2.45, 2.75) is 11.8 Å². The average Bonchev–Trinajstić information content (AvgIpc) is 2.73. The molecule has 0 saturated heterocycles. The largest absolute Gasteiger partial charge is 0.276 e. The van der Waals surface area contributed by atoms with Crippen LogP contribution >= 0.6 is 0 Å². The smallest absolute Gasteiger partial charge is 0.267 e. The summed E-state index contributed by atoms with van der Waals surface area (Å²) >= 11 is 0. The summed E-state index contributed by atoms with van der Waals surface area (Å²) in [5.74, 6) is 2.59. The first-order chi connectivity index (χ1) is 10.4. The third kappa shape index (κ3) is 2.32. The normalized spacial score (nSPS) is 16.5. The molecule has 0 aliphatic carbocycles. The highest BCUT2D eigenvalue weighted by atomic mass is 32.2. The summed E-state index contributed by atoms with van der Waals surface area (Å²) in [6, 6.07) is 13.4. The lowest BCUT2D eigenvalue weighted by molar-refractivity contribution is 0.0621. The van der Waals surface area contributed by atoms with Gasteiger partial charge in [0.05, 0.1) is 20.8 Å². The van der Waals surface area contributed by atoms with Gasteiger partial charge < -0.3 is 0 Å². The Kier molecular flexibility index (Phi) is 3.35. The Morgan fingerprint density at radius 1 is 0.955 bits per heavy atom. The van der Waals surface area contributed by atoms with Gasteiger partial charge in [-0.05, 0) is 37.1 Å². The number of aryl methyl sites for hydroxylation is 1. The Balaban J connectivity index is 1.93. The van der Waals surface area contributed by atoms with E-state index in [4.69, 9.17) is 0 Å². The first kappa shape index (κ1) is 14.5. The van der Waals surface area contributed by atoms with Gasteiger partial charge in [0.1, 0.15) is 0 Å². The second-order valence-corrected chi connectivity index (χ2v) is 7.08. The quantitative estimate of drug-likeness (QED) is 0.694. The molecule has 0 spiro atoms. The Morgan fingerprint density at radius 2 is 1.45 bits per heavy atom. The van der Waals surface area contributed by atoms with Gasteiger partial charge in [-0.25, -0.2) is 4.21 Å². The van der Waals surface area contributed by atoms with Crippen LogP contribution in [0.25, 0.3) is 0 Å². The van der Waals surface area contributed by atoms with Crippen molar-refractivity contribution in [3.05, 3.63) is 65.2 Å². The molecule has 1 aliphatic rings. The van der Waals surface area contributed by atoms with Crippen LogP contribution in [0.2, 0.25) is 0 Å². The minimum atomic E-state index is -3.01. The van der Waals surface area contributed by atoms with Crippen LogP contribution in [0.15, 0.2) is 53.4 Å². The minimum Gasteiger partial charge on any atom is -0.267 e. The van der Waals surface area contributed by atoms with Crippen molar-refractivity contribution in [1.29, 1.82) is 0 Å². The van der Waals surface area contributed by atoms with Crippen molar-refractivity contribution in [3.63, 3.8) is 0 Å². The highest BCUT2D eigenvalue weighted by Crippen LogP contribution is 2.22. The van der Waals surface area contributed by atoms with E-state index in [0.717, 1.165) is 10.6 Å². The molecule has 6 heteroatoms. The van der Waals surface area contributed by atoms with E-state index in [1.165, 1.54) is 0 Å². The van der Waals surface area contributed by atoms with Gasteiger partial charge >= 0.3 is 0 Å². The summed E-state index contributed by atoms with van der Waals surface area (Å²) in [5.41, 5.74) is 1.60. The van der Waals surface area contributed by atoms with Gasteiger partial charge in [-0.15, -0.1) is 4.83 Å². The van der Waals surface area contributed by atoms with E-state index in [1.807, 2.05) is 6.92 Å². The summed E-state index contributed by atoms with van der Waals surface area (Å²) in [6.07, 6.45) is 0. The lowest BCUT2D eigenvalue weighted by Gasteiger charge is -2.19. The summed E-state index contributed by atoms with van der Waals surface area (Å²) in [4.78, 5) is 27.4. The number of carbonyl (C=O) groups excluding carboxylic acids is 2. The second-order valence-electron chi connectivity index (χ2n) is 5.07. The van der Waals surface area contributed by atoms with Crippen LogP contribution in [0, 0.1) is 6.92 Å².